The second kappa shape index (κ2) is 4.94. The van der Waals surface area contributed by atoms with Gasteiger partial charge in [0.15, 0.2) is 11.5 Å². The fourth-order valence-corrected chi connectivity index (χ4v) is 1.83. The fraction of sp³-hybridized carbons (Fsp3) is 0.200. The van der Waals surface area contributed by atoms with Crippen molar-refractivity contribution in [3.05, 3.63) is 21.2 Å². The molecule has 6 heteroatoms. The molecule has 0 fully saturated rings. The Balaban J connectivity index is 3.78. The van der Waals surface area contributed by atoms with Crippen molar-refractivity contribution in [2.45, 2.75) is 0 Å². The van der Waals surface area contributed by atoms with Crippen LogP contribution in [0, 0.1) is 22.7 Å². The molecule has 1 rings (SSSR count). The minimum atomic E-state index is 0.0165. The highest BCUT2D eigenvalue weighted by molar-refractivity contribution is 6.37. The Bertz CT molecular complexity index is 468. The molecule has 0 heterocycles. The maximum Gasteiger partial charge on any atom is 0.158 e. The third-order valence-corrected chi connectivity index (χ3v) is 2.64. The highest BCUT2D eigenvalue weighted by Gasteiger charge is 2.23. The number of hydrogen-bond donors (Lipinski definition) is 0. The summed E-state index contributed by atoms with van der Waals surface area (Å²) in [6, 6.07) is 3.70. The number of benzene rings is 1. The fourth-order valence-electron chi connectivity index (χ4n) is 1.23. The van der Waals surface area contributed by atoms with Crippen LogP contribution in [-0.4, -0.2) is 14.2 Å². The van der Waals surface area contributed by atoms with E-state index in [-0.39, 0.29) is 32.7 Å². The molecule has 0 saturated carbocycles. The van der Waals surface area contributed by atoms with E-state index in [1.807, 2.05) is 12.1 Å². The largest absolute Gasteiger partial charge is 0.494 e. The van der Waals surface area contributed by atoms with Gasteiger partial charge in [-0.25, -0.2) is 0 Å². The highest BCUT2D eigenvalue weighted by atomic mass is 35.5. The van der Waals surface area contributed by atoms with Crippen LogP contribution in [0.25, 0.3) is 0 Å². The molecule has 0 bridgehead atoms. The van der Waals surface area contributed by atoms with Crippen molar-refractivity contribution in [1.29, 1.82) is 10.5 Å². The number of nitrogens with zero attached hydrogens (tertiary/aromatic N) is 2. The zero-order valence-electron chi connectivity index (χ0n) is 8.47. The first-order chi connectivity index (χ1) is 7.62. The molecule has 0 amide bonds. The number of hydrogen-bond acceptors (Lipinski definition) is 4. The minimum absolute atomic E-state index is 0.0165. The van der Waals surface area contributed by atoms with Crippen LogP contribution in [0.3, 0.4) is 0 Å². The van der Waals surface area contributed by atoms with Crippen LogP contribution in [0.1, 0.15) is 11.1 Å². The first-order valence-corrected chi connectivity index (χ1v) is 4.81. The molecule has 0 atom stereocenters. The van der Waals surface area contributed by atoms with Gasteiger partial charge >= 0.3 is 0 Å². The van der Waals surface area contributed by atoms with Crippen LogP contribution in [0.2, 0.25) is 10.0 Å². The predicted molar refractivity (Wildman–Crippen MR) is 59.0 cm³/mol. The van der Waals surface area contributed by atoms with Gasteiger partial charge < -0.3 is 9.47 Å². The zero-order chi connectivity index (χ0) is 12.3. The normalized spacial score (nSPS) is 9.12. The molecule has 0 radical (unpaired) electrons. The van der Waals surface area contributed by atoms with Gasteiger partial charge in [0.25, 0.3) is 0 Å². The maximum absolute atomic E-state index is 8.93. The molecular weight excluding hydrogens is 251 g/mol. The van der Waals surface area contributed by atoms with E-state index in [2.05, 4.69) is 0 Å². The second-order valence-electron chi connectivity index (χ2n) is 2.67. The molecule has 1 aromatic carbocycles. The van der Waals surface area contributed by atoms with Gasteiger partial charge in [-0.2, -0.15) is 10.5 Å². The first-order valence-electron chi connectivity index (χ1n) is 4.05. The van der Waals surface area contributed by atoms with Crippen molar-refractivity contribution in [3.8, 4) is 23.6 Å². The lowest BCUT2D eigenvalue weighted by Crippen LogP contribution is -1.98. The van der Waals surface area contributed by atoms with E-state index in [1.165, 1.54) is 14.2 Å². The van der Waals surface area contributed by atoms with Gasteiger partial charge in [0, 0.05) is 0 Å². The molecule has 82 valence electrons. The molecule has 0 unspecified atom stereocenters. The topological polar surface area (TPSA) is 66.0 Å². The average Bonchev–Trinajstić information content (AvgIpc) is 2.30. The molecule has 0 aliphatic rings. The highest BCUT2D eigenvalue weighted by Crippen LogP contribution is 2.43. The van der Waals surface area contributed by atoms with E-state index in [0.717, 1.165) is 0 Å². The minimum Gasteiger partial charge on any atom is -0.494 e. The van der Waals surface area contributed by atoms with Gasteiger partial charge in [0.1, 0.15) is 33.3 Å². The van der Waals surface area contributed by atoms with Crippen LogP contribution < -0.4 is 9.47 Å². The lowest BCUT2D eigenvalue weighted by Gasteiger charge is -2.12. The molecule has 0 spiro atoms. The predicted octanol–water partition coefficient (Wildman–Crippen LogP) is 2.75. The van der Waals surface area contributed by atoms with Crippen LogP contribution in [0.4, 0.5) is 0 Å². The van der Waals surface area contributed by atoms with E-state index in [4.69, 9.17) is 43.2 Å². The van der Waals surface area contributed by atoms with Crippen LogP contribution in [-0.2, 0) is 0 Å². The van der Waals surface area contributed by atoms with E-state index in [9.17, 15) is 0 Å². The van der Waals surface area contributed by atoms with E-state index in [1.54, 1.807) is 0 Å². The quantitative estimate of drug-likeness (QED) is 0.816. The molecule has 4 nitrogen and oxygen atoms in total. The molecule has 0 aliphatic carbocycles. The third kappa shape index (κ3) is 1.74. The monoisotopic (exact) mass is 256 g/mol. The standard InChI is InChI=1S/C10H6Cl2N2O2/c1-15-9-5(3-13)8(12)10(16-2)6(4-14)7(9)11/h1-2H3. The van der Waals surface area contributed by atoms with E-state index < -0.39 is 0 Å². The van der Waals surface area contributed by atoms with Crippen LogP contribution >= 0.6 is 23.2 Å². The number of rotatable bonds is 2. The van der Waals surface area contributed by atoms with Gasteiger partial charge in [-0.3, -0.25) is 0 Å². The number of nitriles is 2. The summed E-state index contributed by atoms with van der Waals surface area (Å²) >= 11 is 11.8. The zero-order valence-corrected chi connectivity index (χ0v) is 9.98. The average molecular weight is 257 g/mol. The number of methoxy groups -OCH3 is 2. The molecule has 0 aromatic heterocycles. The van der Waals surface area contributed by atoms with Crippen molar-refractivity contribution in [1.82, 2.24) is 0 Å². The second-order valence-corrected chi connectivity index (χ2v) is 3.42. The summed E-state index contributed by atoms with van der Waals surface area (Å²) in [7, 11) is 2.68. The van der Waals surface area contributed by atoms with Gasteiger partial charge in [0.05, 0.1) is 14.2 Å². The van der Waals surface area contributed by atoms with Crippen molar-refractivity contribution < 1.29 is 9.47 Å². The molecule has 1 aromatic rings. The number of ether oxygens (including phenoxy) is 2. The molecule has 0 aliphatic heterocycles. The van der Waals surface area contributed by atoms with Crippen LogP contribution in [0.5, 0.6) is 11.5 Å². The summed E-state index contributed by atoms with van der Waals surface area (Å²) in [5.74, 6) is 0.151. The Morgan fingerprint density at radius 3 is 1.38 bits per heavy atom. The Hall–Kier alpha value is -1.62. The molecular formula is C10H6Cl2N2O2. The van der Waals surface area contributed by atoms with E-state index in [0.29, 0.717) is 0 Å². The first kappa shape index (κ1) is 12.4. The van der Waals surface area contributed by atoms with E-state index >= 15 is 0 Å². The van der Waals surface area contributed by atoms with Crippen molar-refractivity contribution in [2.75, 3.05) is 14.2 Å². The molecule has 0 N–H and O–H groups in total. The summed E-state index contributed by atoms with van der Waals surface area (Å²) in [5, 5.41) is 17.9. The maximum atomic E-state index is 8.93. The molecule has 0 saturated heterocycles. The Kier molecular flexibility index (Phi) is 3.84. The van der Waals surface area contributed by atoms with Crippen molar-refractivity contribution >= 4 is 23.2 Å². The van der Waals surface area contributed by atoms with Gasteiger partial charge in [-0.05, 0) is 0 Å². The third-order valence-electron chi connectivity index (χ3n) is 1.92. The molecule has 16 heavy (non-hydrogen) atoms. The van der Waals surface area contributed by atoms with Gasteiger partial charge in [0.2, 0.25) is 0 Å². The summed E-state index contributed by atoms with van der Waals surface area (Å²) in [4.78, 5) is 0. The summed E-state index contributed by atoms with van der Waals surface area (Å²) in [6.45, 7) is 0. The van der Waals surface area contributed by atoms with Gasteiger partial charge in [-0.15, -0.1) is 0 Å². The Labute approximate surface area is 103 Å². The number of halogens is 2. The van der Waals surface area contributed by atoms with Gasteiger partial charge in [-0.1, -0.05) is 23.2 Å². The Morgan fingerprint density at radius 1 is 0.875 bits per heavy atom. The SMILES string of the molecule is COc1c(Cl)c(C#N)c(OC)c(Cl)c1C#N. The summed E-state index contributed by atoms with van der Waals surface area (Å²) in [6.07, 6.45) is 0. The van der Waals surface area contributed by atoms with Crippen LogP contribution in [0.15, 0.2) is 0 Å². The smallest absolute Gasteiger partial charge is 0.158 e. The van der Waals surface area contributed by atoms with Crippen molar-refractivity contribution in [3.63, 3.8) is 0 Å². The summed E-state index contributed by atoms with van der Waals surface area (Å²) < 4.78 is 9.89. The lowest BCUT2D eigenvalue weighted by molar-refractivity contribution is 0.401. The Morgan fingerprint density at radius 2 is 1.19 bits per heavy atom. The van der Waals surface area contributed by atoms with Crippen molar-refractivity contribution in [2.24, 2.45) is 0 Å². The lowest BCUT2D eigenvalue weighted by atomic mass is 10.1. The summed E-state index contributed by atoms with van der Waals surface area (Å²) in [5.41, 5.74) is 0.0926.